The van der Waals surface area contributed by atoms with Crippen molar-refractivity contribution in [1.82, 2.24) is 14.6 Å². The Morgan fingerprint density at radius 2 is 1.84 bits per heavy atom. The first-order chi connectivity index (χ1) is 17.8. The lowest BCUT2D eigenvalue weighted by atomic mass is 9.94. The Labute approximate surface area is 219 Å². The van der Waals surface area contributed by atoms with Crippen molar-refractivity contribution in [2.45, 2.75) is 50.7 Å². The van der Waals surface area contributed by atoms with Gasteiger partial charge in [-0.1, -0.05) is 31.4 Å². The van der Waals surface area contributed by atoms with E-state index in [0.29, 0.717) is 11.3 Å². The summed E-state index contributed by atoms with van der Waals surface area (Å²) in [6.45, 7) is 0.00721. The zero-order valence-corrected chi connectivity index (χ0v) is 21.8. The highest BCUT2D eigenvalue weighted by molar-refractivity contribution is 7.09. The third-order valence-corrected chi connectivity index (χ3v) is 7.41. The van der Waals surface area contributed by atoms with E-state index in [1.807, 2.05) is 43.3 Å². The molecule has 2 heterocycles. The van der Waals surface area contributed by atoms with Gasteiger partial charge in [-0.3, -0.25) is 14.4 Å². The number of nitrogens with two attached hydrogens (primary N) is 2. The molecule has 11 heteroatoms. The van der Waals surface area contributed by atoms with Gasteiger partial charge >= 0.3 is 0 Å². The lowest BCUT2D eigenvalue weighted by Crippen LogP contribution is -2.46. The van der Waals surface area contributed by atoms with Crippen molar-refractivity contribution in [3.05, 3.63) is 64.6 Å². The van der Waals surface area contributed by atoms with E-state index in [0.717, 1.165) is 49.3 Å². The van der Waals surface area contributed by atoms with Gasteiger partial charge in [0.15, 0.2) is 5.69 Å². The highest BCUT2D eigenvalue weighted by Crippen LogP contribution is 2.31. The molecule has 1 atom stereocenters. The molecule has 0 spiro atoms. The monoisotopic (exact) mass is 524 g/mol. The van der Waals surface area contributed by atoms with Crippen LogP contribution in [0.4, 0.5) is 11.4 Å². The number of nitrogen functional groups attached to an aromatic ring is 1. The molecule has 0 radical (unpaired) electrons. The third kappa shape index (κ3) is 5.93. The van der Waals surface area contributed by atoms with Crippen LogP contribution in [-0.2, 0) is 11.3 Å². The summed E-state index contributed by atoms with van der Waals surface area (Å²) in [7, 11) is 3.86. The summed E-state index contributed by atoms with van der Waals surface area (Å²) >= 11 is 0.784. The highest BCUT2D eigenvalue weighted by Gasteiger charge is 2.36. The Kier molecular flexibility index (Phi) is 8.12. The summed E-state index contributed by atoms with van der Waals surface area (Å²) in [6, 6.07) is 10.00. The molecule has 2 aromatic heterocycles. The van der Waals surface area contributed by atoms with Gasteiger partial charge in [0.25, 0.3) is 11.8 Å². The lowest BCUT2D eigenvalue weighted by Gasteiger charge is -2.33. The number of nitrogens with one attached hydrogen (secondary N) is 1. The second-order valence-electron chi connectivity index (χ2n) is 9.38. The Balaban J connectivity index is 1.77. The molecule has 1 saturated carbocycles. The van der Waals surface area contributed by atoms with Crippen LogP contribution in [0, 0.1) is 0 Å². The molecule has 3 aromatic rings. The zero-order chi connectivity index (χ0) is 26.5. The standard InChI is InChI=1S/C26H32N6O4S/c1-31(2)18-12-10-16(11-13-18)22(25(34)29-17-7-4-3-5-8-17)32(15-19-9-6-14-36-19)26(35)23-20(27)21(24(28)33)30-37-23/h6,9-14,17,22H,3-5,7-8,15,27H2,1-2H3,(H2,28,33)(H,29,34)/t22-/m0/s1. The van der Waals surface area contributed by atoms with Crippen LogP contribution < -0.4 is 21.7 Å². The second kappa shape index (κ2) is 11.5. The maximum atomic E-state index is 13.9. The highest BCUT2D eigenvalue weighted by atomic mass is 32.1. The minimum atomic E-state index is -0.978. The molecule has 0 aliphatic heterocycles. The number of primary amides is 1. The number of benzene rings is 1. The maximum Gasteiger partial charge on any atom is 0.270 e. The Morgan fingerprint density at radius 3 is 2.41 bits per heavy atom. The number of amides is 3. The van der Waals surface area contributed by atoms with E-state index >= 15 is 0 Å². The van der Waals surface area contributed by atoms with Gasteiger partial charge in [-0.15, -0.1) is 0 Å². The summed E-state index contributed by atoms with van der Waals surface area (Å²) < 4.78 is 9.52. The minimum absolute atomic E-state index is 0.00721. The van der Waals surface area contributed by atoms with Crippen molar-refractivity contribution in [2.24, 2.45) is 5.73 Å². The molecule has 1 aliphatic carbocycles. The first-order valence-corrected chi connectivity index (χ1v) is 13.0. The molecule has 0 unspecified atom stereocenters. The fourth-order valence-electron chi connectivity index (χ4n) is 4.57. The van der Waals surface area contributed by atoms with E-state index < -0.39 is 17.9 Å². The summed E-state index contributed by atoms with van der Waals surface area (Å²) in [5.74, 6) is -1.16. The van der Waals surface area contributed by atoms with Gasteiger partial charge in [0.05, 0.1) is 18.5 Å². The van der Waals surface area contributed by atoms with Crippen molar-refractivity contribution in [3.63, 3.8) is 0 Å². The van der Waals surface area contributed by atoms with E-state index in [1.165, 1.54) is 11.2 Å². The first-order valence-electron chi connectivity index (χ1n) is 12.2. The van der Waals surface area contributed by atoms with Crippen LogP contribution in [0.2, 0.25) is 0 Å². The van der Waals surface area contributed by atoms with Crippen molar-refractivity contribution < 1.29 is 18.8 Å². The number of carbonyl (C=O) groups is 3. The first kappa shape index (κ1) is 26.2. The molecule has 1 fully saturated rings. The molecule has 3 amide bonds. The number of hydrogen-bond donors (Lipinski definition) is 3. The number of nitrogens with zero attached hydrogens (tertiary/aromatic N) is 3. The molecule has 10 nitrogen and oxygen atoms in total. The van der Waals surface area contributed by atoms with Crippen LogP contribution >= 0.6 is 11.5 Å². The van der Waals surface area contributed by atoms with E-state index in [-0.39, 0.29) is 34.8 Å². The van der Waals surface area contributed by atoms with Crippen LogP contribution in [-0.4, -0.2) is 47.1 Å². The van der Waals surface area contributed by atoms with E-state index in [1.54, 1.807) is 12.1 Å². The SMILES string of the molecule is CN(C)c1ccc([C@@H](C(=O)NC2CCCCC2)N(Cc2ccco2)C(=O)c2snc(C(N)=O)c2N)cc1. The number of anilines is 2. The van der Waals surface area contributed by atoms with Crippen LogP contribution in [0.1, 0.15) is 69.6 Å². The Hall–Kier alpha value is -3.86. The third-order valence-electron chi connectivity index (χ3n) is 6.56. The lowest BCUT2D eigenvalue weighted by molar-refractivity contribution is -0.127. The molecule has 4 rings (SSSR count). The molecule has 0 bridgehead atoms. The number of carbonyl (C=O) groups excluding carboxylic acids is 3. The van der Waals surface area contributed by atoms with Crippen LogP contribution in [0.25, 0.3) is 0 Å². The average molecular weight is 525 g/mol. The fraction of sp³-hybridized carbons (Fsp3) is 0.385. The van der Waals surface area contributed by atoms with Gasteiger partial charge in [-0.25, -0.2) is 0 Å². The number of rotatable bonds is 9. The summed E-state index contributed by atoms with van der Waals surface area (Å²) in [6.07, 6.45) is 6.55. The second-order valence-corrected chi connectivity index (χ2v) is 10.2. The fourth-order valence-corrected chi connectivity index (χ4v) is 5.33. The smallest absolute Gasteiger partial charge is 0.270 e. The topological polar surface area (TPSA) is 148 Å². The van der Waals surface area contributed by atoms with Crippen molar-refractivity contribution >= 4 is 40.6 Å². The van der Waals surface area contributed by atoms with E-state index in [2.05, 4.69) is 9.69 Å². The van der Waals surface area contributed by atoms with Crippen LogP contribution in [0.15, 0.2) is 47.1 Å². The maximum absolute atomic E-state index is 13.9. The van der Waals surface area contributed by atoms with Gasteiger partial charge < -0.3 is 31.0 Å². The largest absolute Gasteiger partial charge is 0.467 e. The minimum Gasteiger partial charge on any atom is -0.467 e. The molecule has 37 heavy (non-hydrogen) atoms. The van der Waals surface area contributed by atoms with Crippen molar-refractivity contribution in [3.8, 4) is 0 Å². The normalized spacial score (nSPS) is 14.6. The number of aromatic nitrogens is 1. The molecule has 1 aromatic carbocycles. The van der Waals surface area contributed by atoms with Crippen molar-refractivity contribution in [1.29, 1.82) is 0 Å². The number of furan rings is 1. The van der Waals surface area contributed by atoms with Gasteiger partial charge in [-0.05, 0) is 54.2 Å². The van der Waals surface area contributed by atoms with Crippen LogP contribution in [0.5, 0.6) is 0 Å². The predicted molar refractivity (Wildman–Crippen MR) is 142 cm³/mol. The van der Waals surface area contributed by atoms with E-state index in [9.17, 15) is 14.4 Å². The summed E-state index contributed by atoms with van der Waals surface area (Å²) in [5.41, 5.74) is 12.8. The van der Waals surface area contributed by atoms with E-state index in [4.69, 9.17) is 15.9 Å². The molecule has 1 aliphatic rings. The molecule has 5 N–H and O–H groups in total. The van der Waals surface area contributed by atoms with Crippen molar-refractivity contribution in [2.75, 3.05) is 24.7 Å². The summed E-state index contributed by atoms with van der Waals surface area (Å²) in [5, 5.41) is 3.17. The predicted octanol–water partition coefficient (Wildman–Crippen LogP) is 3.32. The van der Waals surface area contributed by atoms with Crippen LogP contribution in [0.3, 0.4) is 0 Å². The molecule has 196 valence electrons. The average Bonchev–Trinajstić information content (AvgIpc) is 3.53. The number of hydrogen-bond acceptors (Lipinski definition) is 8. The molecular weight excluding hydrogens is 492 g/mol. The Morgan fingerprint density at radius 1 is 1.14 bits per heavy atom. The molecule has 0 saturated heterocycles. The van der Waals surface area contributed by atoms with Gasteiger partial charge in [-0.2, -0.15) is 4.37 Å². The summed E-state index contributed by atoms with van der Waals surface area (Å²) in [4.78, 5) is 43.0. The Bertz CT molecular complexity index is 1230. The van der Waals surface area contributed by atoms with Gasteiger partial charge in [0.2, 0.25) is 5.91 Å². The quantitative estimate of drug-likeness (QED) is 0.389. The van der Waals surface area contributed by atoms with Gasteiger partial charge in [0.1, 0.15) is 16.7 Å². The molecular formula is C26H32N6O4S. The zero-order valence-electron chi connectivity index (χ0n) is 21.0. The van der Waals surface area contributed by atoms with Gasteiger partial charge in [0, 0.05) is 25.8 Å².